The number of aryl methyl sites for hydroxylation is 2. The van der Waals surface area contributed by atoms with E-state index in [2.05, 4.69) is 38.6 Å². The zero-order valence-electron chi connectivity index (χ0n) is 7.22. The van der Waals surface area contributed by atoms with Gasteiger partial charge in [0.2, 0.25) is 0 Å². The average molecular weight is 146 g/mol. The highest BCUT2D eigenvalue weighted by atomic mass is 14.0. The maximum Gasteiger partial charge on any atom is -0.00974 e. The fourth-order valence-corrected chi connectivity index (χ4v) is 1.18. The Morgan fingerprint density at radius 3 is 2.73 bits per heavy atom. The summed E-state index contributed by atoms with van der Waals surface area (Å²) < 4.78 is 0. The highest BCUT2D eigenvalue weighted by Crippen LogP contribution is 2.10. The molecule has 0 spiro atoms. The third-order valence-corrected chi connectivity index (χ3v) is 1.87. The van der Waals surface area contributed by atoms with Crippen LogP contribution in [0.1, 0.15) is 16.7 Å². The standard InChI is InChI=1S/C11H14/c1-4-5-11-8-9(2)6-7-10(11)3/h4,6-8H,1,5H2,2-3H3. The molecule has 1 aromatic carbocycles. The Bertz CT molecular complexity index is 259. The molecule has 0 saturated carbocycles. The van der Waals surface area contributed by atoms with Crippen molar-refractivity contribution in [3.05, 3.63) is 47.5 Å². The average Bonchev–Trinajstić information content (AvgIpc) is 1.98. The van der Waals surface area contributed by atoms with E-state index < -0.39 is 0 Å². The lowest BCUT2D eigenvalue weighted by Gasteiger charge is -2.02. The van der Waals surface area contributed by atoms with E-state index in [4.69, 9.17) is 0 Å². The lowest BCUT2D eigenvalue weighted by molar-refractivity contribution is 1.20. The molecule has 0 unspecified atom stereocenters. The Kier molecular flexibility index (Phi) is 2.48. The van der Waals surface area contributed by atoms with E-state index in [1.165, 1.54) is 16.7 Å². The summed E-state index contributed by atoms with van der Waals surface area (Å²) in [6.07, 6.45) is 2.93. The summed E-state index contributed by atoms with van der Waals surface area (Å²) in [4.78, 5) is 0. The van der Waals surface area contributed by atoms with Gasteiger partial charge in [-0.05, 0) is 31.4 Å². The molecule has 0 radical (unpaired) electrons. The van der Waals surface area contributed by atoms with Crippen LogP contribution in [0.4, 0.5) is 0 Å². The molecule has 58 valence electrons. The van der Waals surface area contributed by atoms with Gasteiger partial charge < -0.3 is 0 Å². The lowest BCUT2D eigenvalue weighted by Crippen LogP contribution is -1.87. The van der Waals surface area contributed by atoms with Crippen molar-refractivity contribution < 1.29 is 0 Å². The number of hydrogen-bond acceptors (Lipinski definition) is 0. The van der Waals surface area contributed by atoms with Gasteiger partial charge in [-0.25, -0.2) is 0 Å². The number of allylic oxidation sites excluding steroid dienone is 1. The molecule has 0 aliphatic heterocycles. The maximum atomic E-state index is 3.73. The second-order valence-electron chi connectivity index (χ2n) is 2.92. The zero-order valence-corrected chi connectivity index (χ0v) is 7.22. The molecule has 0 aliphatic carbocycles. The van der Waals surface area contributed by atoms with E-state index in [9.17, 15) is 0 Å². The summed E-state index contributed by atoms with van der Waals surface area (Å²) in [7, 11) is 0. The molecule has 0 saturated heterocycles. The first-order valence-corrected chi connectivity index (χ1v) is 3.91. The molecular formula is C11H14. The molecular weight excluding hydrogens is 132 g/mol. The fraction of sp³-hybridized carbons (Fsp3) is 0.273. The SMILES string of the molecule is C=CCc1cc(C)ccc1C. The van der Waals surface area contributed by atoms with Crippen LogP contribution in [0.15, 0.2) is 30.9 Å². The van der Waals surface area contributed by atoms with Gasteiger partial charge >= 0.3 is 0 Å². The van der Waals surface area contributed by atoms with Crippen molar-refractivity contribution in [3.63, 3.8) is 0 Å². The molecule has 0 fully saturated rings. The van der Waals surface area contributed by atoms with Crippen LogP contribution in [0.25, 0.3) is 0 Å². The number of benzene rings is 1. The topological polar surface area (TPSA) is 0 Å². The Morgan fingerprint density at radius 1 is 1.36 bits per heavy atom. The molecule has 1 rings (SSSR count). The van der Waals surface area contributed by atoms with Gasteiger partial charge in [-0.1, -0.05) is 29.8 Å². The van der Waals surface area contributed by atoms with Crippen LogP contribution >= 0.6 is 0 Å². The molecule has 0 aliphatic rings. The summed E-state index contributed by atoms with van der Waals surface area (Å²) in [6.45, 7) is 7.98. The van der Waals surface area contributed by atoms with Crippen LogP contribution in [0, 0.1) is 13.8 Å². The molecule has 0 N–H and O–H groups in total. The first-order valence-electron chi connectivity index (χ1n) is 3.91. The van der Waals surface area contributed by atoms with Gasteiger partial charge in [-0.3, -0.25) is 0 Å². The van der Waals surface area contributed by atoms with Gasteiger partial charge in [0.25, 0.3) is 0 Å². The molecule has 0 bridgehead atoms. The molecule has 0 amide bonds. The highest BCUT2D eigenvalue weighted by molar-refractivity contribution is 5.31. The van der Waals surface area contributed by atoms with Gasteiger partial charge in [0.05, 0.1) is 0 Å². The summed E-state index contributed by atoms with van der Waals surface area (Å²) >= 11 is 0. The molecule has 0 aromatic heterocycles. The minimum atomic E-state index is 0.980. The van der Waals surface area contributed by atoms with Crippen molar-refractivity contribution in [1.29, 1.82) is 0 Å². The van der Waals surface area contributed by atoms with Crippen molar-refractivity contribution in [2.75, 3.05) is 0 Å². The second kappa shape index (κ2) is 3.38. The predicted octanol–water partition coefficient (Wildman–Crippen LogP) is 3.03. The molecule has 11 heavy (non-hydrogen) atoms. The van der Waals surface area contributed by atoms with Crippen molar-refractivity contribution in [2.24, 2.45) is 0 Å². The normalized spacial score (nSPS) is 9.64. The van der Waals surface area contributed by atoms with Gasteiger partial charge in [0.1, 0.15) is 0 Å². The minimum Gasteiger partial charge on any atom is -0.103 e. The van der Waals surface area contributed by atoms with Crippen LogP contribution in [0.3, 0.4) is 0 Å². The minimum absolute atomic E-state index is 0.980. The van der Waals surface area contributed by atoms with Gasteiger partial charge in [0.15, 0.2) is 0 Å². The lowest BCUT2D eigenvalue weighted by atomic mass is 10.0. The van der Waals surface area contributed by atoms with Crippen LogP contribution < -0.4 is 0 Å². The van der Waals surface area contributed by atoms with Gasteiger partial charge in [0, 0.05) is 0 Å². The quantitative estimate of drug-likeness (QED) is 0.562. The van der Waals surface area contributed by atoms with Crippen LogP contribution in [0.5, 0.6) is 0 Å². The van der Waals surface area contributed by atoms with E-state index in [-0.39, 0.29) is 0 Å². The van der Waals surface area contributed by atoms with Crippen LogP contribution in [-0.4, -0.2) is 0 Å². The third-order valence-electron chi connectivity index (χ3n) is 1.87. The Hall–Kier alpha value is -1.04. The van der Waals surface area contributed by atoms with Crippen molar-refractivity contribution in [3.8, 4) is 0 Å². The largest absolute Gasteiger partial charge is 0.103 e. The number of rotatable bonds is 2. The van der Waals surface area contributed by atoms with Crippen molar-refractivity contribution in [2.45, 2.75) is 20.3 Å². The monoisotopic (exact) mass is 146 g/mol. The second-order valence-corrected chi connectivity index (χ2v) is 2.92. The molecule has 0 atom stereocenters. The van der Waals surface area contributed by atoms with Crippen molar-refractivity contribution >= 4 is 0 Å². The third kappa shape index (κ3) is 1.94. The summed E-state index contributed by atoms with van der Waals surface area (Å²) in [5.74, 6) is 0. The Balaban J connectivity index is 3.01. The molecule has 0 heterocycles. The first kappa shape index (κ1) is 8.06. The van der Waals surface area contributed by atoms with Crippen LogP contribution in [0.2, 0.25) is 0 Å². The van der Waals surface area contributed by atoms with E-state index in [1.54, 1.807) is 0 Å². The van der Waals surface area contributed by atoms with Gasteiger partial charge in [-0.15, -0.1) is 6.58 Å². The molecule has 1 aromatic rings. The molecule has 0 heteroatoms. The van der Waals surface area contributed by atoms with Gasteiger partial charge in [-0.2, -0.15) is 0 Å². The Morgan fingerprint density at radius 2 is 2.09 bits per heavy atom. The van der Waals surface area contributed by atoms with E-state index in [0.717, 1.165) is 6.42 Å². The highest BCUT2D eigenvalue weighted by Gasteiger charge is 1.94. The summed E-state index contributed by atoms with van der Waals surface area (Å²) in [5, 5.41) is 0. The summed E-state index contributed by atoms with van der Waals surface area (Å²) in [6, 6.07) is 6.52. The van der Waals surface area contributed by atoms with E-state index >= 15 is 0 Å². The maximum absolute atomic E-state index is 3.73. The first-order chi connectivity index (χ1) is 5.24. The van der Waals surface area contributed by atoms with E-state index in [0.29, 0.717) is 0 Å². The molecule has 0 nitrogen and oxygen atoms in total. The Labute approximate surface area is 68.6 Å². The van der Waals surface area contributed by atoms with Crippen LogP contribution in [-0.2, 0) is 6.42 Å². The number of hydrogen-bond donors (Lipinski definition) is 0. The van der Waals surface area contributed by atoms with Crippen molar-refractivity contribution in [1.82, 2.24) is 0 Å². The smallest absolute Gasteiger partial charge is 0.00974 e. The zero-order chi connectivity index (χ0) is 8.27. The predicted molar refractivity (Wildman–Crippen MR) is 49.8 cm³/mol. The fourth-order valence-electron chi connectivity index (χ4n) is 1.18. The van der Waals surface area contributed by atoms with E-state index in [1.807, 2.05) is 6.08 Å². The summed E-state index contributed by atoms with van der Waals surface area (Å²) in [5.41, 5.74) is 4.07.